The van der Waals surface area contributed by atoms with Crippen LogP contribution in [0.4, 0.5) is 0 Å². The second kappa shape index (κ2) is 4.28. The van der Waals surface area contributed by atoms with Crippen LogP contribution in [0, 0.1) is 0 Å². The molecule has 0 unspecified atom stereocenters. The molecule has 0 spiro atoms. The lowest BCUT2D eigenvalue weighted by Gasteiger charge is -2.04. The molecule has 0 saturated heterocycles. The van der Waals surface area contributed by atoms with Crippen LogP contribution < -0.4 is 0 Å². The van der Waals surface area contributed by atoms with Crippen LogP contribution in [0.5, 0.6) is 0 Å². The van der Waals surface area contributed by atoms with Crippen LogP contribution >= 0.6 is 11.6 Å². The van der Waals surface area contributed by atoms with E-state index in [9.17, 15) is 4.79 Å². The van der Waals surface area contributed by atoms with Crippen molar-refractivity contribution in [2.45, 2.75) is 0 Å². The third kappa shape index (κ3) is 2.01. The molecule has 16 heavy (non-hydrogen) atoms. The minimum absolute atomic E-state index is 0.0821. The number of carbonyl (C=O) groups is 1. The van der Waals surface area contributed by atoms with Crippen molar-refractivity contribution >= 4 is 17.6 Å². The van der Waals surface area contributed by atoms with Crippen molar-refractivity contribution < 1.29 is 9.90 Å². The summed E-state index contributed by atoms with van der Waals surface area (Å²) in [6.07, 6.45) is 4.58. The normalized spacial score (nSPS) is 10.1. The molecular weight excluding hydrogens is 228 g/mol. The van der Waals surface area contributed by atoms with E-state index in [4.69, 9.17) is 16.7 Å². The second-order valence-corrected chi connectivity index (χ2v) is 3.53. The van der Waals surface area contributed by atoms with Gasteiger partial charge in [-0.05, 0) is 18.2 Å². The number of nitrogens with zero attached hydrogens (tertiary/aromatic N) is 2. The van der Waals surface area contributed by atoms with Gasteiger partial charge in [-0.1, -0.05) is 11.6 Å². The zero-order valence-corrected chi connectivity index (χ0v) is 8.85. The first-order chi connectivity index (χ1) is 7.68. The quantitative estimate of drug-likeness (QED) is 0.867. The average Bonchev–Trinajstić information content (AvgIpc) is 2.30. The molecule has 0 aliphatic carbocycles. The van der Waals surface area contributed by atoms with Gasteiger partial charge in [0.05, 0.1) is 16.3 Å². The zero-order chi connectivity index (χ0) is 11.5. The molecule has 0 bridgehead atoms. The molecule has 4 nitrogen and oxygen atoms in total. The zero-order valence-electron chi connectivity index (χ0n) is 8.09. The summed E-state index contributed by atoms with van der Waals surface area (Å²) in [5, 5.41) is 9.34. The first kappa shape index (κ1) is 10.6. The van der Waals surface area contributed by atoms with Gasteiger partial charge in [0.15, 0.2) is 0 Å². The molecule has 0 aromatic carbocycles. The maximum Gasteiger partial charge on any atom is 0.337 e. The lowest BCUT2D eigenvalue weighted by atomic mass is 10.1. The van der Waals surface area contributed by atoms with Gasteiger partial charge in [0.25, 0.3) is 0 Å². The molecule has 2 heterocycles. The van der Waals surface area contributed by atoms with Crippen molar-refractivity contribution in [1.29, 1.82) is 0 Å². The van der Waals surface area contributed by atoms with Crippen molar-refractivity contribution in [2.24, 2.45) is 0 Å². The van der Waals surface area contributed by atoms with Crippen molar-refractivity contribution in [3.05, 3.63) is 47.4 Å². The summed E-state index contributed by atoms with van der Waals surface area (Å²) in [5.41, 5.74) is 1.17. The van der Waals surface area contributed by atoms with Crippen molar-refractivity contribution in [3.63, 3.8) is 0 Å². The molecule has 2 aromatic heterocycles. The predicted molar refractivity (Wildman–Crippen MR) is 59.4 cm³/mol. The highest BCUT2D eigenvalue weighted by atomic mass is 35.5. The molecule has 0 amide bonds. The van der Waals surface area contributed by atoms with E-state index in [2.05, 4.69) is 9.97 Å². The number of pyridine rings is 2. The van der Waals surface area contributed by atoms with Gasteiger partial charge in [-0.15, -0.1) is 0 Å². The number of carboxylic acids is 1. The standard InChI is InChI=1S/C11H7ClN2O2/c12-8-5-9(11(15)16)10(14-6-8)7-1-3-13-4-2-7/h1-6H,(H,15,16). The van der Waals surface area contributed by atoms with Gasteiger partial charge in [-0.2, -0.15) is 0 Å². The van der Waals surface area contributed by atoms with Gasteiger partial charge in [0.1, 0.15) is 0 Å². The number of hydrogen-bond acceptors (Lipinski definition) is 3. The van der Waals surface area contributed by atoms with Crippen LogP contribution in [0.15, 0.2) is 36.8 Å². The van der Waals surface area contributed by atoms with Gasteiger partial charge in [0, 0.05) is 24.2 Å². The second-order valence-electron chi connectivity index (χ2n) is 3.09. The highest BCUT2D eigenvalue weighted by Crippen LogP contribution is 2.23. The van der Waals surface area contributed by atoms with Crippen LogP contribution in [-0.2, 0) is 0 Å². The van der Waals surface area contributed by atoms with E-state index < -0.39 is 5.97 Å². The highest BCUT2D eigenvalue weighted by Gasteiger charge is 2.13. The molecular formula is C11H7ClN2O2. The molecule has 0 radical (unpaired) electrons. The summed E-state index contributed by atoms with van der Waals surface area (Å²) < 4.78 is 0. The largest absolute Gasteiger partial charge is 0.478 e. The molecule has 2 rings (SSSR count). The molecule has 0 aliphatic rings. The summed E-state index contributed by atoms with van der Waals surface area (Å²) >= 11 is 5.71. The smallest absolute Gasteiger partial charge is 0.337 e. The third-order valence-electron chi connectivity index (χ3n) is 2.04. The predicted octanol–water partition coefficient (Wildman–Crippen LogP) is 2.50. The lowest BCUT2D eigenvalue weighted by molar-refractivity contribution is 0.0697. The topological polar surface area (TPSA) is 63.1 Å². The first-order valence-electron chi connectivity index (χ1n) is 4.47. The maximum absolute atomic E-state index is 11.0. The fraction of sp³-hybridized carbons (Fsp3) is 0. The SMILES string of the molecule is O=C(O)c1cc(Cl)cnc1-c1ccncc1. The fourth-order valence-corrected chi connectivity index (χ4v) is 1.50. The van der Waals surface area contributed by atoms with Gasteiger partial charge in [-0.25, -0.2) is 4.79 Å². The van der Waals surface area contributed by atoms with E-state index in [0.29, 0.717) is 16.3 Å². The number of carboxylic acid groups (broad SMARTS) is 1. The molecule has 0 saturated carbocycles. The monoisotopic (exact) mass is 234 g/mol. The van der Waals surface area contributed by atoms with E-state index >= 15 is 0 Å². The van der Waals surface area contributed by atoms with Gasteiger partial charge in [-0.3, -0.25) is 9.97 Å². The average molecular weight is 235 g/mol. The third-order valence-corrected chi connectivity index (χ3v) is 2.25. The van der Waals surface area contributed by atoms with E-state index in [0.717, 1.165) is 0 Å². The molecule has 1 N–H and O–H groups in total. The van der Waals surface area contributed by atoms with Gasteiger partial charge < -0.3 is 5.11 Å². The lowest BCUT2D eigenvalue weighted by Crippen LogP contribution is -2.01. The summed E-state index contributed by atoms with van der Waals surface area (Å²) in [6.45, 7) is 0. The Balaban J connectivity index is 2.61. The van der Waals surface area contributed by atoms with Crippen molar-refractivity contribution in [3.8, 4) is 11.3 Å². The Hall–Kier alpha value is -1.94. The minimum atomic E-state index is -1.05. The van der Waals surface area contributed by atoms with Crippen molar-refractivity contribution in [1.82, 2.24) is 9.97 Å². The molecule has 5 heteroatoms. The van der Waals surface area contributed by atoms with Crippen LogP contribution in [-0.4, -0.2) is 21.0 Å². The number of halogens is 1. The van der Waals surface area contributed by atoms with Crippen molar-refractivity contribution in [2.75, 3.05) is 0 Å². The summed E-state index contributed by atoms with van der Waals surface area (Å²) in [4.78, 5) is 18.9. The number of aromatic carboxylic acids is 1. The summed E-state index contributed by atoms with van der Waals surface area (Å²) in [5.74, 6) is -1.05. The Kier molecular flexibility index (Phi) is 2.83. The van der Waals surface area contributed by atoms with Crippen LogP contribution in [0.1, 0.15) is 10.4 Å². The van der Waals surface area contributed by atoms with E-state index in [-0.39, 0.29) is 5.56 Å². The maximum atomic E-state index is 11.0. The molecule has 0 aliphatic heterocycles. The Labute approximate surface area is 96.6 Å². The Bertz CT molecular complexity index is 529. The van der Waals surface area contributed by atoms with Gasteiger partial charge >= 0.3 is 5.97 Å². The minimum Gasteiger partial charge on any atom is -0.478 e. The Morgan fingerprint density at radius 3 is 2.62 bits per heavy atom. The molecule has 80 valence electrons. The van der Waals surface area contributed by atoms with Crippen LogP contribution in [0.3, 0.4) is 0 Å². The Morgan fingerprint density at radius 2 is 2.00 bits per heavy atom. The number of hydrogen-bond donors (Lipinski definition) is 1. The summed E-state index contributed by atoms with van der Waals surface area (Å²) in [6, 6.07) is 4.78. The summed E-state index contributed by atoms with van der Waals surface area (Å²) in [7, 11) is 0. The fourth-order valence-electron chi connectivity index (χ4n) is 1.34. The number of aromatic nitrogens is 2. The Morgan fingerprint density at radius 1 is 1.31 bits per heavy atom. The van der Waals surface area contributed by atoms with E-state index in [1.165, 1.54) is 12.3 Å². The molecule has 0 fully saturated rings. The van der Waals surface area contributed by atoms with Gasteiger partial charge in [0.2, 0.25) is 0 Å². The van der Waals surface area contributed by atoms with E-state index in [1.807, 2.05) is 0 Å². The first-order valence-corrected chi connectivity index (χ1v) is 4.85. The highest BCUT2D eigenvalue weighted by molar-refractivity contribution is 6.30. The van der Waals surface area contributed by atoms with E-state index in [1.54, 1.807) is 24.5 Å². The number of rotatable bonds is 2. The molecule has 2 aromatic rings. The van der Waals surface area contributed by atoms with Crippen LogP contribution in [0.25, 0.3) is 11.3 Å². The molecule has 0 atom stereocenters. The van der Waals surface area contributed by atoms with Crippen LogP contribution in [0.2, 0.25) is 5.02 Å².